The van der Waals surface area contributed by atoms with Crippen molar-refractivity contribution < 1.29 is 26.4 Å². The van der Waals surface area contributed by atoms with Gasteiger partial charge in [-0.3, -0.25) is 4.79 Å². The first-order valence-corrected chi connectivity index (χ1v) is 13.2. The smallest absolute Gasteiger partial charge is 0.355 e. The van der Waals surface area contributed by atoms with Crippen LogP contribution in [0.2, 0.25) is 0 Å². The van der Waals surface area contributed by atoms with Crippen molar-refractivity contribution in [3.63, 3.8) is 0 Å². The Balaban J connectivity index is 1.46. The monoisotopic (exact) mass is 516 g/mol. The zero-order chi connectivity index (χ0) is 25.8. The van der Waals surface area contributed by atoms with Gasteiger partial charge in [0.05, 0.1) is 10.5 Å². The van der Waals surface area contributed by atoms with Crippen LogP contribution in [0.15, 0.2) is 89.8 Å². The molecular formula is C27H27F3N2O3S. The topological polar surface area (TPSA) is 66.5 Å². The second-order valence-corrected chi connectivity index (χ2v) is 10.6. The number of nitrogens with zero attached hydrogens (tertiary/aromatic N) is 1. The SMILES string of the molecule is O=C(NCCC(c1ccccc1)c1ccccc1)C1CCCN1S(=O)(=O)c1cccc(C(F)(F)F)c1. The Labute approximate surface area is 209 Å². The molecule has 3 aromatic rings. The Morgan fingerprint density at radius 1 is 0.944 bits per heavy atom. The predicted molar refractivity (Wildman–Crippen MR) is 131 cm³/mol. The van der Waals surface area contributed by atoms with Gasteiger partial charge in [-0.1, -0.05) is 66.7 Å². The van der Waals surface area contributed by atoms with Crippen LogP contribution in [0.1, 0.15) is 41.9 Å². The number of nitrogens with one attached hydrogen (secondary N) is 1. The summed E-state index contributed by atoms with van der Waals surface area (Å²) in [5.74, 6) is -0.399. The highest BCUT2D eigenvalue weighted by Crippen LogP contribution is 2.33. The number of rotatable bonds is 8. The van der Waals surface area contributed by atoms with Crippen molar-refractivity contribution in [3.8, 4) is 0 Å². The van der Waals surface area contributed by atoms with Crippen molar-refractivity contribution in [2.45, 2.75) is 42.3 Å². The standard InChI is InChI=1S/C27H27F3N2O3S/c28-27(29,30)22-13-7-14-23(19-22)36(34,35)32-18-8-15-25(32)26(33)31-17-16-24(20-9-3-1-4-10-20)21-11-5-2-6-12-21/h1-7,9-14,19,24-25H,8,15-18H2,(H,31,33). The number of halogens is 3. The first-order chi connectivity index (χ1) is 17.2. The molecule has 1 amide bonds. The lowest BCUT2D eigenvalue weighted by molar-refractivity contribution is -0.137. The minimum absolute atomic E-state index is 0.0428. The lowest BCUT2D eigenvalue weighted by atomic mass is 9.88. The second-order valence-electron chi connectivity index (χ2n) is 8.75. The Hall–Kier alpha value is -3.17. The molecule has 36 heavy (non-hydrogen) atoms. The van der Waals surface area contributed by atoms with Gasteiger partial charge in [-0.15, -0.1) is 0 Å². The summed E-state index contributed by atoms with van der Waals surface area (Å²) < 4.78 is 66.7. The number of hydrogen-bond acceptors (Lipinski definition) is 3. The molecule has 4 rings (SSSR count). The van der Waals surface area contributed by atoms with Crippen molar-refractivity contribution in [3.05, 3.63) is 102 Å². The van der Waals surface area contributed by atoms with Crippen LogP contribution in [0, 0.1) is 0 Å². The summed E-state index contributed by atoms with van der Waals surface area (Å²) in [6.07, 6.45) is -3.30. The fourth-order valence-electron chi connectivity index (χ4n) is 4.61. The van der Waals surface area contributed by atoms with E-state index in [1.54, 1.807) is 0 Å². The summed E-state index contributed by atoms with van der Waals surface area (Å²) in [6.45, 7) is 0.397. The van der Waals surface area contributed by atoms with E-state index in [-0.39, 0.29) is 12.5 Å². The van der Waals surface area contributed by atoms with E-state index >= 15 is 0 Å². The van der Waals surface area contributed by atoms with Crippen molar-refractivity contribution >= 4 is 15.9 Å². The maximum absolute atomic E-state index is 13.2. The van der Waals surface area contributed by atoms with Gasteiger partial charge in [0.2, 0.25) is 15.9 Å². The quantitative estimate of drug-likeness (QED) is 0.448. The molecular weight excluding hydrogens is 489 g/mol. The van der Waals surface area contributed by atoms with Gasteiger partial charge < -0.3 is 5.32 Å². The molecule has 1 atom stereocenters. The maximum Gasteiger partial charge on any atom is 0.416 e. The van der Waals surface area contributed by atoms with Gasteiger partial charge in [-0.25, -0.2) is 8.42 Å². The molecule has 1 heterocycles. The maximum atomic E-state index is 13.2. The molecule has 0 aliphatic carbocycles. The van der Waals surface area contributed by atoms with E-state index in [0.717, 1.165) is 33.6 Å². The molecule has 5 nitrogen and oxygen atoms in total. The summed E-state index contributed by atoms with van der Waals surface area (Å²) in [7, 11) is -4.27. The van der Waals surface area contributed by atoms with E-state index in [0.29, 0.717) is 31.9 Å². The number of alkyl halides is 3. The average molecular weight is 517 g/mol. The van der Waals surface area contributed by atoms with Crippen LogP contribution in [-0.2, 0) is 21.0 Å². The van der Waals surface area contributed by atoms with E-state index in [4.69, 9.17) is 0 Å². The number of amides is 1. The number of hydrogen-bond donors (Lipinski definition) is 1. The van der Waals surface area contributed by atoms with Crippen LogP contribution in [-0.4, -0.2) is 37.8 Å². The minimum atomic E-state index is -4.67. The third-order valence-electron chi connectivity index (χ3n) is 6.41. The zero-order valence-electron chi connectivity index (χ0n) is 19.5. The molecule has 3 aromatic carbocycles. The van der Waals surface area contributed by atoms with Gasteiger partial charge >= 0.3 is 6.18 Å². The molecule has 1 unspecified atom stereocenters. The zero-order valence-corrected chi connectivity index (χ0v) is 20.3. The van der Waals surface area contributed by atoms with Gasteiger partial charge in [0, 0.05) is 19.0 Å². The van der Waals surface area contributed by atoms with Gasteiger partial charge in [-0.2, -0.15) is 17.5 Å². The van der Waals surface area contributed by atoms with Crippen molar-refractivity contribution in [2.75, 3.05) is 13.1 Å². The van der Waals surface area contributed by atoms with Crippen LogP contribution in [0.5, 0.6) is 0 Å². The van der Waals surface area contributed by atoms with Gasteiger partial charge in [-0.05, 0) is 48.6 Å². The summed E-state index contributed by atoms with van der Waals surface area (Å²) in [6, 6.07) is 22.5. The van der Waals surface area contributed by atoms with Crippen molar-refractivity contribution in [1.82, 2.24) is 9.62 Å². The van der Waals surface area contributed by atoms with E-state index in [2.05, 4.69) is 5.32 Å². The molecule has 1 aliphatic rings. The molecule has 1 saturated heterocycles. The molecule has 190 valence electrons. The van der Waals surface area contributed by atoms with E-state index in [9.17, 15) is 26.4 Å². The molecule has 0 radical (unpaired) electrons. The molecule has 1 N–H and O–H groups in total. The average Bonchev–Trinajstić information content (AvgIpc) is 3.38. The van der Waals surface area contributed by atoms with Crippen molar-refractivity contribution in [2.24, 2.45) is 0 Å². The molecule has 1 fully saturated rings. The summed E-state index contributed by atoms with van der Waals surface area (Å²) in [4.78, 5) is 12.5. The first-order valence-electron chi connectivity index (χ1n) is 11.7. The van der Waals surface area contributed by atoms with E-state index in [1.807, 2.05) is 60.7 Å². The molecule has 0 bridgehead atoms. The Morgan fingerprint density at radius 3 is 2.14 bits per heavy atom. The van der Waals surface area contributed by atoms with Crippen molar-refractivity contribution in [1.29, 1.82) is 0 Å². The number of carbonyl (C=O) groups excluding carboxylic acids is 1. The van der Waals surface area contributed by atoms with Crippen LogP contribution < -0.4 is 5.32 Å². The van der Waals surface area contributed by atoms with Gasteiger partial charge in [0.25, 0.3) is 0 Å². The lowest BCUT2D eigenvalue weighted by Gasteiger charge is -2.24. The Bertz CT molecular complexity index is 1240. The van der Waals surface area contributed by atoms with Crippen LogP contribution in [0.25, 0.3) is 0 Å². The normalized spacial score (nSPS) is 16.8. The summed E-state index contributed by atoms with van der Waals surface area (Å²) >= 11 is 0. The second kappa shape index (κ2) is 10.8. The number of benzene rings is 3. The fourth-order valence-corrected chi connectivity index (χ4v) is 6.31. The molecule has 0 aromatic heterocycles. The van der Waals surface area contributed by atoms with Crippen LogP contribution in [0.4, 0.5) is 13.2 Å². The molecule has 9 heteroatoms. The highest BCUT2D eigenvalue weighted by atomic mass is 32.2. The van der Waals surface area contributed by atoms with Crippen LogP contribution in [0.3, 0.4) is 0 Å². The third-order valence-corrected chi connectivity index (χ3v) is 8.31. The predicted octanol–water partition coefficient (Wildman–Crippen LogP) is 5.20. The van der Waals surface area contributed by atoms with E-state index in [1.165, 1.54) is 0 Å². The highest BCUT2D eigenvalue weighted by Gasteiger charge is 2.40. The third kappa shape index (κ3) is 5.79. The minimum Gasteiger partial charge on any atom is -0.355 e. The fraction of sp³-hybridized carbons (Fsp3) is 0.296. The largest absolute Gasteiger partial charge is 0.416 e. The van der Waals surface area contributed by atoms with Crippen LogP contribution >= 0.6 is 0 Å². The Kier molecular flexibility index (Phi) is 7.80. The van der Waals surface area contributed by atoms with E-state index < -0.39 is 38.6 Å². The first kappa shape index (κ1) is 25.9. The lowest BCUT2D eigenvalue weighted by Crippen LogP contribution is -2.46. The Morgan fingerprint density at radius 2 is 1.56 bits per heavy atom. The summed E-state index contributed by atoms with van der Waals surface area (Å²) in [5.41, 5.74) is 1.16. The summed E-state index contributed by atoms with van der Waals surface area (Å²) in [5, 5.41) is 2.86. The highest BCUT2D eigenvalue weighted by molar-refractivity contribution is 7.89. The molecule has 0 saturated carbocycles. The molecule has 0 spiro atoms. The number of carbonyl (C=O) groups is 1. The number of sulfonamides is 1. The molecule has 1 aliphatic heterocycles. The van der Waals surface area contributed by atoms with Gasteiger partial charge in [0.15, 0.2) is 0 Å². The van der Waals surface area contributed by atoms with Gasteiger partial charge in [0.1, 0.15) is 6.04 Å².